The highest BCUT2D eigenvalue weighted by molar-refractivity contribution is 5.92. The number of carbonyl (C=O) groups is 1. The van der Waals surface area contributed by atoms with Gasteiger partial charge < -0.3 is 15.0 Å². The van der Waals surface area contributed by atoms with Gasteiger partial charge in [-0.1, -0.05) is 26.2 Å². The highest BCUT2D eigenvalue weighted by Gasteiger charge is 2.29. The van der Waals surface area contributed by atoms with E-state index in [-0.39, 0.29) is 11.9 Å². The molecule has 3 aromatic rings. The first kappa shape index (κ1) is 23.7. The maximum absolute atomic E-state index is 11.9. The Morgan fingerprint density at radius 1 is 1.11 bits per heavy atom. The van der Waals surface area contributed by atoms with E-state index in [1.54, 1.807) is 0 Å². The quantitative estimate of drug-likeness (QED) is 0.455. The molecule has 2 aliphatic rings. The van der Waals surface area contributed by atoms with Crippen molar-refractivity contribution in [3.63, 3.8) is 0 Å². The second kappa shape index (κ2) is 9.55. The van der Waals surface area contributed by atoms with Crippen molar-refractivity contribution in [1.82, 2.24) is 24.5 Å². The van der Waals surface area contributed by atoms with Gasteiger partial charge in [0, 0.05) is 18.8 Å². The molecule has 0 aromatic carbocycles. The number of anilines is 1. The van der Waals surface area contributed by atoms with E-state index >= 15 is 0 Å². The summed E-state index contributed by atoms with van der Waals surface area (Å²) in [4.78, 5) is 30.3. The van der Waals surface area contributed by atoms with Gasteiger partial charge in [0.1, 0.15) is 11.2 Å². The van der Waals surface area contributed by atoms with Crippen LogP contribution in [0.3, 0.4) is 0 Å². The van der Waals surface area contributed by atoms with Crippen LogP contribution in [0, 0.1) is 31.6 Å². The summed E-state index contributed by atoms with van der Waals surface area (Å²) in [5, 5.41) is 13.3. The number of pyridine rings is 1. The molecular weight excluding hydrogens is 440 g/mol. The van der Waals surface area contributed by atoms with Gasteiger partial charge in [-0.25, -0.2) is 19.7 Å². The molecule has 0 amide bonds. The topological polar surface area (TPSA) is 106 Å². The van der Waals surface area contributed by atoms with Crippen molar-refractivity contribution < 1.29 is 9.90 Å². The highest BCUT2D eigenvalue weighted by Crippen LogP contribution is 2.36. The minimum Gasteiger partial charge on any atom is -0.475 e. The predicted octanol–water partition coefficient (Wildman–Crippen LogP) is 5.63. The third kappa shape index (κ3) is 4.75. The lowest BCUT2D eigenvalue weighted by atomic mass is 9.80. The summed E-state index contributed by atoms with van der Waals surface area (Å²) in [5.41, 5.74) is 4.26. The first-order valence-corrected chi connectivity index (χ1v) is 13.0. The first-order chi connectivity index (χ1) is 16.8. The summed E-state index contributed by atoms with van der Waals surface area (Å²) < 4.78 is 2.20. The number of hydrogen-bond donors (Lipinski definition) is 2. The smallest absolute Gasteiger partial charge is 0.374 e. The van der Waals surface area contributed by atoms with Crippen LogP contribution < -0.4 is 5.32 Å². The molecular formula is C27H36N6O2. The fraction of sp³-hybridized carbons (Fsp3) is 0.593. The second-order valence-corrected chi connectivity index (χ2v) is 10.8. The largest absolute Gasteiger partial charge is 0.475 e. The number of rotatable bonds is 7. The van der Waals surface area contributed by atoms with Crippen LogP contribution in [0.4, 0.5) is 5.82 Å². The molecule has 2 N–H and O–H groups in total. The van der Waals surface area contributed by atoms with Crippen LogP contribution in [-0.2, 0) is 6.54 Å². The Hall–Kier alpha value is -3.03. The number of nitrogens with one attached hydrogen (secondary N) is 1. The second-order valence-electron chi connectivity index (χ2n) is 10.8. The minimum atomic E-state index is -1.15. The molecule has 0 spiro atoms. The van der Waals surface area contributed by atoms with E-state index in [0.717, 1.165) is 40.6 Å². The van der Waals surface area contributed by atoms with E-state index in [9.17, 15) is 9.90 Å². The van der Waals surface area contributed by atoms with Crippen LogP contribution in [0.2, 0.25) is 0 Å². The van der Waals surface area contributed by atoms with E-state index in [2.05, 4.69) is 46.7 Å². The molecule has 0 saturated heterocycles. The van der Waals surface area contributed by atoms with Crippen LogP contribution in [0.25, 0.3) is 22.7 Å². The molecule has 2 aliphatic carbocycles. The van der Waals surface area contributed by atoms with Gasteiger partial charge in [0.25, 0.3) is 0 Å². The van der Waals surface area contributed by atoms with Crippen LogP contribution in [-0.4, -0.2) is 41.6 Å². The van der Waals surface area contributed by atoms with Gasteiger partial charge in [0.2, 0.25) is 5.82 Å². The fourth-order valence-corrected chi connectivity index (χ4v) is 5.40. The predicted molar refractivity (Wildman–Crippen MR) is 137 cm³/mol. The summed E-state index contributed by atoms with van der Waals surface area (Å²) in [6.07, 6.45) is 10.3. The van der Waals surface area contributed by atoms with Crippen molar-refractivity contribution in [1.29, 1.82) is 0 Å². The monoisotopic (exact) mass is 476 g/mol. The summed E-state index contributed by atoms with van der Waals surface area (Å²) in [6.45, 7) is 9.42. The Kier molecular flexibility index (Phi) is 6.47. The van der Waals surface area contributed by atoms with E-state index < -0.39 is 5.97 Å². The molecule has 8 heteroatoms. The van der Waals surface area contributed by atoms with Crippen molar-refractivity contribution >= 4 is 23.0 Å². The van der Waals surface area contributed by atoms with Gasteiger partial charge in [-0.05, 0) is 81.4 Å². The van der Waals surface area contributed by atoms with Crippen molar-refractivity contribution in [2.24, 2.45) is 17.8 Å². The molecule has 0 radical (unpaired) electrons. The first-order valence-electron chi connectivity index (χ1n) is 13.0. The number of fused-ring (bicyclic) bond motifs is 1. The van der Waals surface area contributed by atoms with Gasteiger partial charge in [-0.15, -0.1) is 0 Å². The zero-order valence-corrected chi connectivity index (χ0v) is 21.2. The highest BCUT2D eigenvalue weighted by atomic mass is 16.4. The number of nitrogens with zero attached hydrogens (tertiary/aromatic N) is 5. The third-order valence-corrected chi connectivity index (χ3v) is 8.19. The molecule has 3 aromatic heterocycles. The van der Waals surface area contributed by atoms with Crippen LogP contribution in [0.15, 0.2) is 12.3 Å². The summed E-state index contributed by atoms with van der Waals surface area (Å²) in [5.74, 6) is 1.81. The van der Waals surface area contributed by atoms with E-state index in [4.69, 9.17) is 9.97 Å². The Bertz CT molecular complexity index is 1240. The van der Waals surface area contributed by atoms with E-state index in [1.807, 2.05) is 13.1 Å². The van der Waals surface area contributed by atoms with E-state index in [1.165, 1.54) is 44.9 Å². The maximum atomic E-state index is 11.9. The number of carboxylic acids is 1. The molecule has 5 rings (SSSR count). The Balaban J connectivity index is 1.65. The molecule has 8 nitrogen and oxygen atoms in total. The lowest BCUT2D eigenvalue weighted by Gasteiger charge is -2.32. The standard InChI is InChI=1S/C27H36N6O2/c1-15-8-10-19(11-9-15)14-33-22-23(29-18(4)20-6-5-7-20)30-25(27(34)35)31-24(22)32-26(33)21-12-16(2)17(3)13-28-21/h12-13,15,18-20H,5-11,14H2,1-4H3,(H,34,35)(H,29,30,31). The van der Waals surface area contributed by atoms with Gasteiger partial charge in [0.15, 0.2) is 17.3 Å². The maximum Gasteiger partial charge on any atom is 0.374 e. The van der Waals surface area contributed by atoms with E-state index in [0.29, 0.717) is 23.3 Å². The van der Waals surface area contributed by atoms with Crippen LogP contribution >= 0.6 is 0 Å². The average molecular weight is 477 g/mol. The van der Waals surface area contributed by atoms with Crippen molar-refractivity contribution in [3.05, 3.63) is 29.2 Å². The summed E-state index contributed by atoms with van der Waals surface area (Å²) >= 11 is 0. The van der Waals surface area contributed by atoms with Crippen molar-refractivity contribution in [2.45, 2.75) is 85.2 Å². The third-order valence-electron chi connectivity index (χ3n) is 8.19. The number of aryl methyl sites for hydroxylation is 2. The molecule has 1 unspecified atom stereocenters. The lowest BCUT2D eigenvalue weighted by molar-refractivity contribution is 0.0684. The average Bonchev–Trinajstić information content (AvgIpc) is 3.14. The van der Waals surface area contributed by atoms with Gasteiger partial charge in [0.05, 0.1) is 0 Å². The number of imidazole rings is 1. The normalized spacial score (nSPS) is 21.6. The Morgan fingerprint density at radius 3 is 2.49 bits per heavy atom. The number of carboxylic acid groups (broad SMARTS) is 1. The Morgan fingerprint density at radius 2 is 1.86 bits per heavy atom. The zero-order valence-electron chi connectivity index (χ0n) is 21.2. The molecule has 0 aliphatic heterocycles. The van der Waals surface area contributed by atoms with Crippen molar-refractivity contribution in [2.75, 3.05) is 5.32 Å². The van der Waals surface area contributed by atoms with Crippen LogP contribution in [0.5, 0.6) is 0 Å². The number of aromatic nitrogens is 5. The molecule has 35 heavy (non-hydrogen) atoms. The molecule has 186 valence electrons. The molecule has 3 heterocycles. The van der Waals surface area contributed by atoms with Gasteiger partial charge in [-0.2, -0.15) is 0 Å². The SMILES string of the molecule is Cc1cnc(-c2nc3nc(C(=O)O)nc(NC(C)C4CCC4)c3n2CC2CCC(C)CC2)cc1C. The fourth-order valence-electron chi connectivity index (χ4n) is 5.40. The number of hydrogen-bond acceptors (Lipinski definition) is 6. The minimum absolute atomic E-state index is 0.200. The summed E-state index contributed by atoms with van der Waals surface area (Å²) in [7, 11) is 0. The molecule has 1 atom stereocenters. The zero-order chi connectivity index (χ0) is 24.7. The Labute approximate surface area is 206 Å². The molecule has 2 fully saturated rings. The lowest BCUT2D eigenvalue weighted by Crippen LogP contribution is -2.31. The molecule has 2 saturated carbocycles. The van der Waals surface area contributed by atoms with Gasteiger partial charge in [-0.3, -0.25) is 4.98 Å². The molecule has 0 bridgehead atoms. The van der Waals surface area contributed by atoms with Crippen LogP contribution in [0.1, 0.15) is 80.5 Å². The number of aromatic carboxylic acids is 1. The van der Waals surface area contributed by atoms with Crippen molar-refractivity contribution in [3.8, 4) is 11.5 Å². The summed E-state index contributed by atoms with van der Waals surface area (Å²) in [6, 6.07) is 2.26. The van der Waals surface area contributed by atoms with Gasteiger partial charge >= 0.3 is 5.97 Å².